The third-order valence-corrected chi connectivity index (χ3v) is 4.41. The van der Waals surface area contributed by atoms with Crippen molar-refractivity contribution in [3.05, 3.63) is 29.8 Å². The normalized spacial score (nSPS) is 15.8. The van der Waals surface area contributed by atoms with Gasteiger partial charge in [-0.3, -0.25) is 0 Å². The van der Waals surface area contributed by atoms with Gasteiger partial charge in [-0.15, -0.1) is 0 Å². The van der Waals surface area contributed by atoms with Gasteiger partial charge in [-0.25, -0.2) is 0 Å². The highest BCUT2D eigenvalue weighted by Gasteiger charge is 2.17. The summed E-state index contributed by atoms with van der Waals surface area (Å²) in [4.78, 5) is 0. The van der Waals surface area contributed by atoms with Crippen molar-refractivity contribution in [3.63, 3.8) is 0 Å². The lowest BCUT2D eigenvalue weighted by atomic mass is 10.1. The molecule has 2 N–H and O–H groups in total. The Morgan fingerprint density at radius 2 is 1.89 bits per heavy atom. The number of hydrogen-bond acceptors (Lipinski definition) is 4. The summed E-state index contributed by atoms with van der Waals surface area (Å²) in [6.07, 6.45) is 2.03. The second-order valence-corrected chi connectivity index (χ2v) is 5.71. The average molecular weight is 283 g/mol. The van der Waals surface area contributed by atoms with Crippen LogP contribution < -0.4 is 10.1 Å². The lowest BCUT2D eigenvalue weighted by molar-refractivity contribution is 0.272. The third kappa shape index (κ3) is 5.05. The van der Waals surface area contributed by atoms with Gasteiger partial charge < -0.3 is 15.2 Å². The van der Waals surface area contributed by atoms with Crippen molar-refractivity contribution in [2.75, 3.05) is 19.5 Å². The molecule has 0 aliphatic heterocycles. The van der Waals surface area contributed by atoms with Gasteiger partial charge in [-0.2, -0.15) is 11.8 Å². The fourth-order valence-corrected chi connectivity index (χ4v) is 2.69. The van der Waals surface area contributed by atoms with Gasteiger partial charge in [0.2, 0.25) is 0 Å². The second-order valence-electron chi connectivity index (χ2n) is 4.64. The molecule has 1 aromatic carbocycles. The molecule has 0 aromatic heterocycles. The summed E-state index contributed by atoms with van der Waals surface area (Å²) in [6.45, 7) is 7.13. The molecule has 3 atom stereocenters. The van der Waals surface area contributed by atoms with E-state index >= 15 is 0 Å². The van der Waals surface area contributed by atoms with Crippen LogP contribution in [0.15, 0.2) is 24.3 Å². The summed E-state index contributed by atoms with van der Waals surface area (Å²) in [5, 5.41) is 13.1. The first-order valence-electron chi connectivity index (χ1n) is 6.74. The number of ether oxygens (including phenoxy) is 1. The molecule has 3 nitrogen and oxygen atoms in total. The van der Waals surface area contributed by atoms with Crippen LogP contribution in [0, 0.1) is 0 Å². The highest BCUT2D eigenvalue weighted by Crippen LogP contribution is 2.20. The first-order valence-corrected chi connectivity index (χ1v) is 8.03. The molecule has 1 rings (SSSR count). The topological polar surface area (TPSA) is 41.5 Å². The van der Waals surface area contributed by atoms with E-state index in [0.717, 1.165) is 5.75 Å². The molecule has 0 saturated carbocycles. The molecule has 0 bridgehead atoms. The molecule has 19 heavy (non-hydrogen) atoms. The van der Waals surface area contributed by atoms with E-state index in [2.05, 4.69) is 31.3 Å². The molecule has 0 spiro atoms. The zero-order chi connectivity index (χ0) is 14.3. The van der Waals surface area contributed by atoms with Crippen LogP contribution in [-0.2, 0) is 0 Å². The van der Waals surface area contributed by atoms with E-state index in [4.69, 9.17) is 4.74 Å². The summed E-state index contributed by atoms with van der Waals surface area (Å²) in [5.41, 5.74) is 1.23. The maximum atomic E-state index is 9.30. The minimum Gasteiger partial charge on any atom is -0.494 e. The van der Waals surface area contributed by atoms with Gasteiger partial charge in [0.05, 0.1) is 13.2 Å². The second kappa shape index (κ2) is 8.46. The number of thioether (sulfide) groups is 1. The maximum Gasteiger partial charge on any atom is 0.119 e. The van der Waals surface area contributed by atoms with Crippen molar-refractivity contribution in [1.82, 2.24) is 5.32 Å². The van der Waals surface area contributed by atoms with Gasteiger partial charge in [0.1, 0.15) is 5.75 Å². The molecule has 0 aliphatic rings. The Morgan fingerprint density at radius 1 is 1.26 bits per heavy atom. The molecule has 0 radical (unpaired) electrons. The molecular weight excluding hydrogens is 258 g/mol. The fraction of sp³-hybridized carbons (Fsp3) is 0.600. The van der Waals surface area contributed by atoms with Crippen molar-refractivity contribution in [3.8, 4) is 5.75 Å². The number of hydrogen-bond donors (Lipinski definition) is 2. The summed E-state index contributed by atoms with van der Waals surface area (Å²) < 4.78 is 5.44. The van der Waals surface area contributed by atoms with Crippen LogP contribution in [-0.4, -0.2) is 35.9 Å². The maximum absolute atomic E-state index is 9.30. The largest absolute Gasteiger partial charge is 0.494 e. The predicted molar refractivity (Wildman–Crippen MR) is 83.0 cm³/mol. The Balaban J connectivity index is 2.59. The van der Waals surface area contributed by atoms with E-state index in [9.17, 15) is 5.11 Å². The lowest BCUT2D eigenvalue weighted by Crippen LogP contribution is -2.38. The monoisotopic (exact) mass is 283 g/mol. The van der Waals surface area contributed by atoms with E-state index in [0.29, 0.717) is 6.61 Å². The summed E-state index contributed by atoms with van der Waals surface area (Å²) in [6, 6.07) is 8.69. The number of rotatable bonds is 8. The quantitative estimate of drug-likeness (QED) is 0.770. The minimum atomic E-state index is 0.200. The Kier molecular flexibility index (Phi) is 7.28. The van der Waals surface area contributed by atoms with Gasteiger partial charge in [0.15, 0.2) is 0 Å². The first-order chi connectivity index (χ1) is 9.12. The Morgan fingerprint density at radius 3 is 2.37 bits per heavy atom. The van der Waals surface area contributed by atoms with Gasteiger partial charge in [-0.1, -0.05) is 12.1 Å². The van der Waals surface area contributed by atoms with E-state index < -0.39 is 0 Å². The van der Waals surface area contributed by atoms with Crippen LogP contribution in [0.25, 0.3) is 0 Å². The Bertz CT molecular complexity index is 352. The van der Waals surface area contributed by atoms with Gasteiger partial charge >= 0.3 is 0 Å². The number of benzene rings is 1. The Hall–Kier alpha value is -0.710. The zero-order valence-electron chi connectivity index (χ0n) is 12.2. The standard InChI is InChI=1S/C15H25NO2S/c1-5-18-14-8-6-13(7-9-14)11(2)16-12(3)15(10-17)19-4/h6-9,11-12,15-17H,5,10H2,1-4H3. The third-order valence-electron chi connectivity index (χ3n) is 3.24. The molecule has 0 saturated heterocycles. The molecular formula is C15H25NO2S. The van der Waals surface area contributed by atoms with Crippen molar-refractivity contribution in [2.45, 2.75) is 38.1 Å². The van der Waals surface area contributed by atoms with Crippen LogP contribution in [0.4, 0.5) is 0 Å². The predicted octanol–water partition coefficient (Wildman–Crippen LogP) is 2.85. The highest BCUT2D eigenvalue weighted by molar-refractivity contribution is 7.99. The van der Waals surface area contributed by atoms with Crippen molar-refractivity contribution >= 4 is 11.8 Å². The van der Waals surface area contributed by atoms with E-state index in [-0.39, 0.29) is 23.9 Å². The summed E-state index contributed by atoms with van der Waals surface area (Å²) in [7, 11) is 0. The Labute approximate surface area is 120 Å². The molecule has 3 unspecified atom stereocenters. The summed E-state index contributed by atoms with van der Waals surface area (Å²) in [5.74, 6) is 0.906. The van der Waals surface area contributed by atoms with E-state index in [1.165, 1.54) is 5.56 Å². The van der Waals surface area contributed by atoms with Crippen LogP contribution in [0.3, 0.4) is 0 Å². The van der Waals surface area contributed by atoms with Crippen molar-refractivity contribution in [1.29, 1.82) is 0 Å². The van der Waals surface area contributed by atoms with Crippen LogP contribution >= 0.6 is 11.8 Å². The van der Waals surface area contributed by atoms with Crippen molar-refractivity contribution in [2.24, 2.45) is 0 Å². The molecule has 4 heteroatoms. The number of nitrogens with one attached hydrogen (secondary N) is 1. The molecule has 0 amide bonds. The van der Waals surface area contributed by atoms with Crippen LogP contribution in [0.5, 0.6) is 5.75 Å². The number of aliphatic hydroxyl groups is 1. The van der Waals surface area contributed by atoms with Gasteiger partial charge in [0.25, 0.3) is 0 Å². The average Bonchev–Trinajstić information content (AvgIpc) is 2.41. The molecule has 1 aromatic rings. The van der Waals surface area contributed by atoms with Gasteiger partial charge in [-0.05, 0) is 44.7 Å². The SMILES string of the molecule is CCOc1ccc(C(C)NC(C)C(CO)SC)cc1. The van der Waals surface area contributed by atoms with E-state index in [1.807, 2.05) is 25.3 Å². The molecule has 0 heterocycles. The first kappa shape index (κ1) is 16.3. The smallest absolute Gasteiger partial charge is 0.119 e. The zero-order valence-corrected chi connectivity index (χ0v) is 13.0. The number of aliphatic hydroxyl groups excluding tert-OH is 1. The fourth-order valence-electron chi connectivity index (χ4n) is 2.05. The highest BCUT2D eigenvalue weighted by atomic mass is 32.2. The molecule has 0 aliphatic carbocycles. The molecule has 0 fully saturated rings. The van der Waals surface area contributed by atoms with Crippen LogP contribution in [0.1, 0.15) is 32.4 Å². The van der Waals surface area contributed by atoms with Gasteiger partial charge in [0, 0.05) is 17.3 Å². The minimum absolute atomic E-state index is 0.200. The lowest BCUT2D eigenvalue weighted by Gasteiger charge is -2.25. The molecule has 108 valence electrons. The van der Waals surface area contributed by atoms with E-state index in [1.54, 1.807) is 11.8 Å². The van der Waals surface area contributed by atoms with Crippen LogP contribution in [0.2, 0.25) is 0 Å². The summed E-state index contributed by atoms with van der Waals surface area (Å²) >= 11 is 1.69. The van der Waals surface area contributed by atoms with Crippen molar-refractivity contribution < 1.29 is 9.84 Å².